The van der Waals surface area contributed by atoms with E-state index in [-0.39, 0.29) is 4.90 Å². The molecule has 0 aromatic heterocycles. The molecule has 0 spiro atoms. The van der Waals surface area contributed by atoms with Crippen LogP contribution in [0.25, 0.3) is 0 Å². The van der Waals surface area contributed by atoms with Crippen molar-refractivity contribution < 1.29 is 37.4 Å². The highest BCUT2D eigenvalue weighted by molar-refractivity contribution is 5.83. The minimum Gasteiger partial charge on any atom is -0.480 e. The van der Waals surface area contributed by atoms with Crippen molar-refractivity contribution in [3.8, 4) is 0 Å². The quantitative estimate of drug-likeness (QED) is 0.727. The van der Waals surface area contributed by atoms with Crippen molar-refractivity contribution in [3.05, 3.63) is 0 Å². The van der Waals surface area contributed by atoms with Gasteiger partial charge in [0, 0.05) is 7.05 Å². The molecule has 0 bridgehead atoms. The molecule has 0 fully saturated rings. The molecule has 110 valence electrons. The van der Waals surface area contributed by atoms with E-state index < -0.39 is 43.8 Å². The zero-order chi connectivity index (χ0) is 15.2. The van der Waals surface area contributed by atoms with Crippen molar-refractivity contribution in [1.82, 2.24) is 9.80 Å². The average molecular weight is 286 g/mol. The number of aliphatic carboxylic acids is 1. The summed E-state index contributed by atoms with van der Waals surface area (Å²) in [6.07, 6.45) is -4.74. The lowest BCUT2D eigenvalue weighted by molar-refractivity contribution is -0.149. The summed E-state index contributed by atoms with van der Waals surface area (Å²) in [6, 6.07) is -1.23. The molecule has 0 aliphatic carbocycles. The van der Waals surface area contributed by atoms with E-state index in [1.807, 2.05) is 0 Å². The fourth-order valence-electron chi connectivity index (χ4n) is 1.14. The molecule has 7 nitrogen and oxygen atoms in total. The van der Waals surface area contributed by atoms with E-state index in [4.69, 9.17) is 5.11 Å². The number of carboxylic acid groups (broad SMARTS) is 1. The molecular weight excluding hydrogens is 273 g/mol. The topological polar surface area (TPSA) is 87.2 Å². The lowest BCUT2D eigenvalue weighted by Gasteiger charge is -2.26. The Labute approximate surface area is 106 Å². The molecule has 19 heavy (non-hydrogen) atoms. The maximum atomic E-state index is 12.2. The third kappa shape index (κ3) is 7.11. The van der Waals surface area contributed by atoms with Crippen LogP contribution in [0.4, 0.5) is 18.0 Å². The maximum absolute atomic E-state index is 12.2. The number of amides is 2. The van der Waals surface area contributed by atoms with Crippen molar-refractivity contribution >= 4 is 18.0 Å². The number of ether oxygens (including phenoxy) is 1. The summed E-state index contributed by atoms with van der Waals surface area (Å²) in [6.45, 7) is -3.42. The molecule has 0 unspecified atom stereocenters. The first kappa shape index (κ1) is 17.0. The largest absolute Gasteiger partial charge is 0.480 e. The first-order valence-electron chi connectivity index (χ1n) is 4.92. The number of hydrogen-bond donors (Lipinski definition) is 1. The van der Waals surface area contributed by atoms with E-state index in [1.165, 1.54) is 0 Å². The van der Waals surface area contributed by atoms with Crippen LogP contribution in [0.1, 0.15) is 0 Å². The minimum absolute atomic E-state index is 0.0747. The van der Waals surface area contributed by atoms with Crippen molar-refractivity contribution in [2.24, 2.45) is 0 Å². The molecular formula is C9H13F3N2O5. The van der Waals surface area contributed by atoms with Crippen LogP contribution in [0.15, 0.2) is 0 Å². The van der Waals surface area contributed by atoms with Crippen LogP contribution in [0.3, 0.4) is 0 Å². The lowest BCUT2D eigenvalue weighted by Crippen LogP contribution is -2.48. The smallest absolute Gasteiger partial charge is 0.406 e. The number of halogens is 3. The summed E-state index contributed by atoms with van der Waals surface area (Å²) in [7, 11) is 2.11. The molecule has 0 saturated heterocycles. The minimum atomic E-state index is -4.74. The lowest BCUT2D eigenvalue weighted by atomic mass is 10.4. The Morgan fingerprint density at radius 1 is 1.21 bits per heavy atom. The SMILES string of the molecule is COC(=O)CN(C)C(=O)N(CC(=O)O)CC(F)(F)F. The number of nitrogens with zero attached hydrogens (tertiary/aromatic N) is 2. The molecule has 0 aliphatic rings. The molecule has 0 saturated carbocycles. The summed E-state index contributed by atoms with van der Waals surface area (Å²) in [5.41, 5.74) is 0. The Morgan fingerprint density at radius 2 is 1.74 bits per heavy atom. The second-order valence-electron chi connectivity index (χ2n) is 3.58. The summed E-state index contributed by atoms with van der Waals surface area (Å²) in [5.74, 6) is -2.43. The molecule has 0 aromatic carbocycles. The molecule has 2 amide bonds. The molecule has 0 atom stereocenters. The molecule has 0 heterocycles. The zero-order valence-corrected chi connectivity index (χ0v) is 10.2. The fraction of sp³-hybridized carbons (Fsp3) is 0.667. The van der Waals surface area contributed by atoms with E-state index >= 15 is 0 Å². The van der Waals surface area contributed by atoms with Crippen LogP contribution < -0.4 is 0 Å². The second kappa shape index (κ2) is 6.81. The number of likely N-dealkylation sites (N-methyl/N-ethyl adjacent to an activating group) is 1. The highest BCUT2D eigenvalue weighted by Gasteiger charge is 2.35. The Kier molecular flexibility index (Phi) is 6.09. The Balaban J connectivity index is 4.79. The van der Waals surface area contributed by atoms with Gasteiger partial charge in [0.15, 0.2) is 0 Å². The van der Waals surface area contributed by atoms with Gasteiger partial charge in [-0.15, -0.1) is 0 Å². The number of carboxylic acids is 1. The van der Waals surface area contributed by atoms with Crippen LogP contribution in [0.2, 0.25) is 0 Å². The number of esters is 1. The van der Waals surface area contributed by atoms with E-state index in [9.17, 15) is 27.6 Å². The molecule has 10 heteroatoms. The molecule has 0 radical (unpaired) electrons. The van der Waals surface area contributed by atoms with Gasteiger partial charge in [0.1, 0.15) is 19.6 Å². The monoisotopic (exact) mass is 286 g/mol. The number of methoxy groups -OCH3 is 1. The van der Waals surface area contributed by atoms with Crippen molar-refractivity contribution in [3.63, 3.8) is 0 Å². The van der Waals surface area contributed by atoms with Gasteiger partial charge in [0.2, 0.25) is 0 Å². The van der Waals surface area contributed by atoms with E-state index in [2.05, 4.69) is 4.74 Å². The van der Waals surface area contributed by atoms with Gasteiger partial charge in [0.05, 0.1) is 7.11 Å². The summed E-state index contributed by atoms with van der Waals surface area (Å²) < 4.78 is 40.9. The Hall–Kier alpha value is -2.00. The number of alkyl halides is 3. The van der Waals surface area contributed by atoms with Gasteiger partial charge in [0.25, 0.3) is 0 Å². The normalized spacial score (nSPS) is 10.8. The van der Waals surface area contributed by atoms with Crippen LogP contribution in [0.5, 0.6) is 0 Å². The van der Waals surface area contributed by atoms with Gasteiger partial charge in [-0.1, -0.05) is 0 Å². The van der Waals surface area contributed by atoms with E-state index in [1.54, 1.807) is 0 Å². The van der Waals surface area contributed by atoms with Crippen LogP contribution >= 0.6 is 0 Å². The first-order valence-corrected chi connectivity index (χ1v) is 4.92. The summed E-state index contributed by atoms with van der Waals surface area (Å²) in [5, 5.41) is 8.47. The van der Waals surface area contributed by atoms with Crippen LogP contribution in [-0.2, 0) is 14.3 Å². The second-order valence-corrected chi connectivity index (χ2v) is 3.58. The van der Waals surface area contributed by atoms with Crippen LogP contribution in [0, 0.1) is 0 Å². The highest BCUT2D eigenvalue weighted by Crippen LogP contribution is 2.17. The summed E-state index contributed by atoms with van der Waals surface area (Å²) in [4.78, 5) is 33.6. The average Bonchev–Trinajstić information content (AvgIpc) is 2.24. The third-order valence-electron chi connectivity index (χ3n) is 1.89. The number of hydrogen-bond acceptors (Lipinski definition) is 4. The maximum Gasteiger partial charge on any atom is 0.406 e. The van der Waals surface area contributed by atoms with Crippen molar-refractivity contribution in [2.45, 2.75) is 6.18 Å². The zero-order valence-electron chi connectivity index (χ0n) is 10.2. The van der Waals surface area contributed by atoms with Gasteiger partial charge in [-0.25, -0.2) is 4.79 Å². The number of urea groups is 1. The predicted octanol–water partition coefficient (Wildman–Crippen LogP) is 0.160. The highest BCUT2D eigenvalue weighted by atomic mass is 19.4. The number of carbonyl (C=O) groups excluding carboxylic acids is 2. The van der Waals surface area contributed by atoms with Gasteiger partial charge in [-0.2, -0.15) is 13.2 Å². The van der Waals surface area contributed by atoms with E-state index in [0.29, 0.717) is 4.90 Å². The molecule has 1 N–H and O–H groups in total. The van der Waals surface area contributed by atoms with Gasteiger partial charge in [-0.05, 0) is 0 Å². The van der Waals surface area contributed by atoms with Gasteiger partial charge < -0.3 is 19.6 Å². The van der Waals surface area contributed by atoms with Gasteiger partial charge in [-0.3, -0.25) is 9.59 Å². The Morgan fingerprint density at radius 3 is 2.11 bits per heavy atom. The molecule has 0 rings (SSSR count). The van der Waals surface area contributed by atoms with Gasteiger partial charge >= 0.3 is 24.1 Å². The third-order valence-corrected chi connectivity index (χ3v) is 1.89. The number of rotatable bonds is 5. The Bertz CT molecular complexity index is 358. The van der Waals surface area contributed by atoms with Crippen molar-refractivity contribution in [2.75, 3.05) is 33.8 Å². The standard InChI is InChI=1S/C9H13F3N2O5/c1-13(4-7(17)19-2)8(18)14(3-6(15)16)5-9(10,11)12/h3-5H2,1-2H3,(H,15,16). The number of carbonyl (C=O) groups is 3. The molecule has 0 aliphatic heterocycles. The van der Waals surface area contributed by atoms with E-state index in [0.717, 1.165) is 14.2 Å². The fourth-order valence-corrected chi connectivity index (χ4v) is 1.14. The summed E-state index contributed by atoms with van der Waals surface area (Å²) >= 11 is 0. The molecule has 0 aromatic rings. The van der Waals surface area contributed by atoms with Crippen molar-refractivity contribution in [1.29, 1.82) is 0 Å². The predicted molar refractivity (Wildman–Crippen MR) is 55.3 cm³/mol. The first-order chi connectivity index (χ1) is 8.56. The van der Waals surface area contributed by atoms with Crippen LogP contribution in [-0.4, -0.2) is 72.8 Å².